The molecule has 1 amide bonds. The number of carbonyl (C=O) groups is 1. The number of nitrogens with one attached hydrogen (secondary N) is 1. The second-order valence-corrected chi connectivity index (χ2v) is 7.01. The molecule has 0 saturated carbocycles. The second kappa shape index (κ2) is 8.44. The van der Waals surface area contributed by atoms with Crippen LogP contribution < -0.4 is 5.32 Å². The van der Waals surface area contributed by atoms with Gasteiger partial charge >= 0.3 is 0 Å². The number of amides is 1. The Kier molecular flexibility index (Phi) is 5.58. The molecule has 0 spiro atoms. The lowest BCUT2D eigenvalue weighted by molar-refractivity contribution is 0.0888. The van der Waals surface area contributed by atoms with Gasteiger partial charge in [-0.15, -0.1) is 0 Å². The lowest BCUT2D eigenvalue weighted by Crippen LogP contribution is -2.40. The first kappa shape index (κ1) is 18.5. The molecule has 2 aromatic heterocycles. The third-order valence-corrected chi connectivity index (χ3v) is 5.12. The van der Waals surface area contributed by atoms with Crippen molar-refractivity contribution < 1.29 is 18.0 Å². The third-order valence-electron chi connectivity index (χ3n) is 5.12. The van der Waals surface area contributed by atoms with E-state index in [2.05, 4.69) is 10.2 Å². The van der Waals surface area contributed by atoms with Crippen LogP contribution in [0.3, 0.4) is 0 Å². The summed E-state index contributed by atoms with van der Waals surface area (Å²) in [6.45, 7) is 2.44. The zero-order chi connectivity index (χ0) is 19.3. The monoisotopic (exact) mass is 382 g/mol. The van der Waals surface area contributed by atoms with Gasteiger partial charge in [0.05, 0.1) is 12.3 Å². The molecule has 146 valence electrons. The van der Waals surface area contributed by atoms with Gasteiger partial charge in [-0.1, -0.05) is 6.42 Å². The molecule has 1 aliphatic rings. The first-order valence-corrected chi connectivity index (χ1v) is 9.62. The summed E-state index contributed by atoms with van der Waals surface area (Å²) in [5.74, 6) is 1.03. The number of carbonyl (C=O) groups excluding carboxylic acids is 1. The highest BCUT2D eigenvalue weighted by molar-refractivity contribution is 5.92. The number of rotatable bonds is 6. The highest BCUT2D eigenvalue weighted by Gasteiger charge is 2.25. The molecule has 6 heteroatoms. The van der Waals surface area contributed by atoms with Crippen LogP contribution in [0.15, 0.2) is 63.6 Å². The number of halogens is 1. The Balaban J connectivity index is 1.43. The summed E-state index contributed by atoms with van der Waals surface area (Å²) in [6.07, 6.45) is 5.22. The lowest BCUT2D eigenvalue weighted by atomic mass is 10.1. The van der Waals surface area contributed by atoms with Gasteiger partial charge in [-0.2, -0.15) is 0 Å². The van der Waals surface area contributed by atoms with Crippen molar-refractivity contribution in [3.63, 3.8) is 0 Å². The molecule has 0 bridgehead atoms. The van der Waals surface area contributed by atoms with Crippen molar-refractivity contribution in [1.29, 1.82) is 0 Å². The highest BCUT2D eigenvalue weighted by Crippen LogP contribution is 2.25. The molecule has 5 nitrogen and oxygen atoms in total. The highest BCUT2D eigenvalue weighted by atomic mass is 19.1. The normalized spacial score (nSPS) is 16.0. The molecule has 0 radical (unpaired) electrons. The van der Waals surface area contributed by atoms with Crippen LogP contribution >= 0.6 is 0 Å². The number of furan rings is 2. The van der Waals surface area contributed by atoms with E-state index in [0.29, 0.717) is 12.3 Å². The minimum Gasteiger partial charge on any atom is -0.468 e. The summed E-state index contributed by atoms with van der Waals surface area (Å²) < 4.78 is 24.4. The fourth-order valence-electron chi connectivity index (χ4n) is 3.63. The topological polar surface area (TPSA) is 58.6 Å². The number of hydrogen-bond acceptors (Lipinski definition) is 4. The summed E-state index contributed by atoms with van der Waals surface area (Å²) in [5.41, 5.74) is 0.724. The first-order chi connectivity index (χ1) is 13.7. The van der Waals surface area contributed by atoms with Crippen LogP contribution in [0, 0.1) is 5.82 Å². The Hall–Kier alpha value is -2.86. The van der Waals surface area contributed by atoms with E-state index in [9.17, 15) is 9.18 Å². The quantitative estimate of drug-likeness (QED) is 0.675. The van der Waals surface area contributed by atoms with Crippen LogP contribution in [0.25, 0.3) is 11.3 Å². The Labute approximate surface area is 163 Å². The third kappa shape index (κ3) is 4.17. The first-order valence-electron chi connectivity index (χ1n) is 9.62. The molecule has 1 saturated heterocycles. The van der Waals surface area contributed by atoms with Crippen molar-refractivity contribution >= 4 is 5.91 Å². The van der Waals surface area contributed by atoms with Crippen LogP contribution in [0.4, 0.5) is 4.39 Å². The fraction of sp³-hybridized carbons (Fsp3) is 0.318. The maximum atomic E-state index is 13.1. The summed E-state index contributed by atoms with van der Waals surface area (Å²) >= 11 is 0. The summed E-state index contributed by atoms with van der Waals surface area (Å²) in [6, 6.07) is 13.2. The second-order valence-electron chi connectivity index (χ2n) is 7.01. The molecule has 4 rings (SSSR count). The molecule has 28 heavy (non-hydrogen) atoms. The molecule has 1 aliphatic heterocycles. The van der Waals surface area contributed by atoms with Gasteiger partial charge in [0.2, 0.25) is 0 Å². The van der Waals surface area contributed by atoms with Crippen molar-refractivity contribution in [3.8, 4) is 11.3 Å². The van der Waals surface area contributed by atoms with E-state index < -0.39 is 0 Å². The van der Waals surface area contributed by atoms with E-state index in [-0.39, 0.29) is 23.5 Å². The van der Waals surface area contributed by atoms with E-state index >= 15 is 0 Å². The van der Waals surface area contributed by atoms with E-state index in [1.165, 1.54) is 18.6 Å². The predicted molar refractivity (Wildman–Crippen MR) is 103 cm³/mol. The Morgan fingerprint density at radius 3 is 2.57 bits per heavy atom. The molecular formula is C22H23FN2O3. The summed E-state index contributed by atoms with van der Waals surface area (Å²) in [7, 11) is 0. The van der Waals surface area contributed by atoms with Gasteiger partial charge in [0.15, 0.2) is 5.76 Å². The van der Waals surface area contributed by atoms with E-state index in [0.717, 1.165) is 37.3 Å². The van der Waals surface area contributed by atoms with Crippen molar-refractivity contribution in [1.82, 2.24) is 10.2 Å². The number of hydrogen-bond donors (Lipinski definition) is 1. The minimum absolute atomic E-state index is 0.00535. The molecule has 3 aromatic rings. The molecular weight excluding hydrogens is 359 g/mol. The number of benzene rings is 1. The average Bonchev–Trinajstić information content (AvgIpc) is 3.42. The van der Waals surface area contributed by atoms with Gasteiger partial charge in [0.1, 0.15) is 17.3 Å². The van der Waals surface area contributed by atoms with Gasteiger partial charge in [-0.25, -0.2) is 4.39 Å². The van der Waals surface area contributed by atoms with Gasteiger partial charge in [0.25, 0.3) is 5.91 Å². The number of nitrogens with zero attached hydrogens (tertiary/aromatic N) is 1. The molecule has 1 aromatic carbocycles. The van der Waals surface area contributed by atoms with Crippen LogP contribution in [-0.4, -0.2) is 30.4 Å². The molecule has 1 atom stereocenters. The number of likely N-dealkylation sites (tertiary alicyclic amines) is 1. The molecule has 3 heterocycles. The lowest BCUT2D eigenvalue weighted by Gasteiger charge is -2.33. The molecule has 0 aliphatic carbocycles. The van der Waals surface area contributed by atoms with E-state index in [1.807, 2.05) is 12.1 Å². The predicted octanol–water partition coefficient (Wildman–Crippen LogP) is 4.64. The van der Waals surface area contributed by atoms with E-state index in [1.54, 1.807) is 30.5 Å². The fourth-order valence-corrected chi connectivity index (χ4v) is 3.63. The maximum absolute atomic E-state index is 13.1. The van der Waals surface area contributed by atoms with Crippen LogP contribution in [-0.2, 0) is 0 Å². The Morgan fingerprint density at radius 2 is 1.86 bits per heavy atom. The largest absolute Gasteiger partial charge is 0.468 e. The van der Waals surface area contributed by atoms with Gasteiger partial charge in [0, 0.05) is 12.1 Å². The van der Waals surface area contributed by atoms with Crippen molar-refractivity contribution in [2.24, 2.45) is 0 Å². The van der Waals surface area contributed by atoms with Gasteiger partial charge in [-0.3, -0.25) is 9.69 Å². The zero-order valence-corrected chi connectivity index (χ0v) is 15.6. The number of piperidine rings is 1. The minimum atomic E-state index is -0.310. The SMILES string of the molecule is O=C(NCC(c1ccco1)N1CCCCC1)c1ccc(-c2ccc(F)cc2)o1. The van der Waals surface area contributed by atoms with Gasteiger partial charge in [-0.05, 0) is 74.5 Å². The van der Waals surface area contributed by atoms with Gasteiger partial charge < -0.3 is 14.2 Å². The van der Waals surface area contributed by atoms with Crippen LogP contribution in [0.2, 0.25) is 0 Å². The zero-order valence-electron chi connectivity index (χ0n) is 15.6. The van der Waals surface area contributed by atoms with Crippen molar-refractivity contribution in [2.45, 2.75) is 25.3 Å². The molecule has 1 unspecified atom stereocenters. The average molecular weight is 382 g/mol. The van der Waals surface area contributed by atoms with Crippen LogP contribution in [0.1, 0.15) is 41.6 Å². The Bertz CT molecular complexity index is 896. The van der Waals surface area contributed by atoms with Crippen LogP contribution in [0.5, 0.6) is 0 Å². The Morgan fingerprint density at radius 1 is 1.07 bits per heavy atom. The van der Waals surface area contributed by atoms with E-state index in [4.69, 9.17) is 8.83 Å². The molecule has 1 fully saturated rings. The maximum Gasteiger partial charge on any atom is 0.287 e. The smallest absolute Gasteiger partial charge is 0.287 e. The summed E-state index contributed by atoms with van der Waals surface area (Å²) in [5, 5.41) is 2.96. The standard InChI is InChI=1S/C22H23FN2O3/c23-17-8-6-16(7-9-17)19-10-11-21(28-19)22(26)24-15-18(20-5-4-14-27-20)25-12-2-1-3-13-25/h4-11,14,18H,1-3,12-13,15H2,(H,24,26). The van der Waals surface area contributed by atoms with Crippen molar-refractivity contribution in [2.75, 3.05) is 19.6 Å². The summed E-state index contributed by atoms with van der Waals surface area (Å²) in [4.78, 5) is 14.9. The molecule has 1 N–H and O–H groups in total. The van der Waals surface area contributed by atoms with Crippen molar-refractivity contribution in [3.05, 3.63) is 72.1 Å².